The minimum Gasteiger partial charge on any atom is -0.387 e. The van der Waals surface area contributed by atoms with Gasteiger partial charge < -0.3 is 5.11 Å². The van der Waals surface area contributed by atoms with Crippen molar-refractivity contribution in [2.75, 3.05) is 13.1 Å². The molecule has 21 heavy (non-hydrogen) atoms. The molecule has 0 bridgehead atoms. The first-order valence-electron chi connectivity index (χ1n) is 7.58. The molecule has 3 rings (SSSR count). The molecule has 3 nitrogen and oxygen atoms in total. The Kier molecular flexibility index (Phi) is 4.68. The minimum absolute atomic E-state index is 0.334. The Bertz CT molecular complexity index is 561. The Labute approximate surface area is 130 Å². The lowest BCUT2D eigenvalue weighted by Crippen LogP contribution is -2.35. The second-order valence-electron chi connectivity index (χ2n) is 5.84. The van der Waals surface area contributed by atoms with E-state index in [0.29, 0.717) is 5.92 Å². The summed E-state index contributed by atoms with van der Waals surface area (Å²) in [5.74, 6) is 0.334. The van der Waals surface area contributed by atoms with Crippen molar-refractivity contribution in [3.05, 3.63) is 52.0 Å². The maximum absolute atomic E-state index is 10.5. The third kappa shape index (κ3) is 3.51. The molecule has 0 radical (unpaired) electrons. The highest BCUT2D eigenvalue weighted by molar-refractivity contribution is 7.10. The average molecular weight is 302 g/mol. The summed E-state index contributed by atoms with van der Waals surface area (Å²) < 4.78 is 0. The number of rotatable bonds is 4. The molecular formula is C17H22N2OS. The molecule has 1 atom stereocenters. The Balaban J connectivity index is 1.54. The fourth-order valence-electron chi connectivity index (χ4n) is 2.99. The van der Waals surface area contributed by atoms with Gasteiger partial charge in [0, 0.05) is 17.6 Å². The fourth-order valence-corrected chi connectivity index (χ4v) is 3.94. The van der Waals surface area contributed by atoms with E-state index in [-0.39, 0.29) is 0 Å². The number of aliphatic hydroxyl groups excluding tert-OH is 1. The number of aryl methyl sites for hydroxylation is 1. The minimum atomic E-state index is -0.420. The fraction of sp³-hybridized carbons (Fsp3) is 0.471. The number of hydrogen-bond acceptors (Lipinski definition) is 4. The Morgan fingerprint density at radius 1 is 1.33 bits per heavy atom. The second-order valence-corrected chi connectivity index (χ2v) is 6.84. The van der Waals surface area contributed by atoms with Gasteiger partial charge in [0.05, 0.1) is 11.8 Å². The Morgan fingerprint density at radius 3 is 2.76 bits per heavy atom. The van der Waals surface area contributed by atoms with Gasteiger partial charge in [0.1, 0.15) is 0 Å². The summed E-state index contributed by atoms with van der Waals surface area (Å²) in [5.41, 5.74) is 2.21. The molecule has 4 heteroatoms. The average Bonchev–Trinajstić information content (AvgIpc) is 2.93. The van der Waals surface area contributed by atoms with E-state index in [1.54, 1.807) is 6.20 Å². The van der Waals surface area contributed by atoms with Gasteiger partial charge in [0.25, 0.3) is 0 Å². The number of aromatic nitrogens is 1. The van der Waals surface area contributed by atoms with Gasteiger partial charge in [0.15, 0.2) is 0 Å². The molecule has 2 aromatic rings. The molecule has 1 unspecified atom stereocenters. The predicted molar refractivity (Wildman–Crippen MR) is 86.3 cm³/mol. The molecule has 112 valence electrons. The lowest BCUT2D eigenvalue weighted by molar-refractivity contribution is 0.0542. The Hall–Kier alpha value is -1.23. The summed E-state index contributed by atoms with van der Waals surface area (Å²) in [6.45, 7) is 5.36. The molecule has 1 fully saturated rings. The molecule has 2 aromatic heterocycles. The molecule has 1 aliphatic heterocycles. The van der Waals surface area contributed by atoms with E-state index in [1.807, 2.05) is 29.5 Å². The van der Waals surface area contributed by atoms with Crippen LogP contribution in [0.1, 0.15) is 35.1 Å². The normalized spacial score (nSPS) is 18.8. The number of likely N-dealkylation sites (tertiary alicyclic amines) is 1. The van der Waals surface area contributed by atoms with Gasteiger partial charge in [-0.2, -0.15) is 0 Å². The Morgan fingerprint density at radius 2 is 2.14 bits per heavy atom. The van der Waals surface area contributed by atoms with Crippen LogP contribution in [0.5, 0.6) is 0 Å². The van der Waals surface area contributed by atoms with Crippen LogP contribution in [0, 0.1) is 12.8 Å². The quantitative estimate of drug-likeness (QED) is 0.940. The van der Waals surface area contributed by atoms with E-state index < -0.39 is 6.10 Å². The van der Waals surface area contributed by atoms with Crippen LogP contribution in [0.25, 0.3) is 0 Å². The van der Waals surface area contributed by atoms with Gasteiger partial charge in [-0.3, -0.25) is 9.88 Å². The van der Waals surface area contributed by atoms with Crippen LogP contribution in [-0.4, -0.2) is 28.1 Å². The van der Waals surface area contributed by atoms with Gasteiger partial charge in [-0.05, 0) is 67.9 Å². The van der Waals surface area contributed by atoms with Crippen LogP contribution in [0.15, 0.2) is 35.8 Å². The largest absolute Gasteiger partial charge is 0.387 e. The molecule has 1 saturated heterocycles. The molecule has 0 amide bonds. The van der Waals surface area contributed by atoms with Crippen molar-refractivity contribution in [2.45, 2.75) is 32.4 Å². The van der Waals surface area contributed by atoms with Crippen molar-refractivity contribution in [1.82, 2.24) is 9.88 Å². The molecule has 3 heterocycles. The summed E-state index contributed by atoms with van der Waals surface area (Å²) in [6, 6.07) is 7.95. The van der Waals surface area contributed by atoms with Crippen molar-refractivity contribution in [3.8, 4) is 0 Å². The van der Waals surface area contributed by atoms with Crippen molar-refractivity contribution in [1.29, 1.82) is 0 Å². The van der Waals surface area contributed by atoms with E-state index in [2.05, 4.69) is 28.3 Å². The molecule has 0 saturated carbocycles. The monoisotopic (exact) mass is 302 g/mol. The number of aliphatic hydroxyl groups is 1. The third-order valence-electron chi connectivity index (χ3n) is 4.40. The van der Waals surface area contributed by atoms with Gasteiger partial charge in [-0.25, -0.2) is 0 Å². The van der Waals surface area contributed by atoms with Crippen molar-refractivity contribution < 1.29 is 5.11 Å². The van der Waals surface area contributed by atoms with Gasteiger partial charge in [0.2, 0.25) is 0 Å². The highest BCUT2D eigenvalue weighted by Gasteiger charge is 2.27. The maximum atomic E-state index is 10.5. The second kappa shape index (κ2) is 6.69. The lowest BCUT2D eigenvalue weighted by Gasteiger charge is -2.33. The summed E-state index contributed by atoms with van der Waals surface area (Å²) >= 11 is 1.85. The van der Waals surface area contributed by atoms with E-state index in [9.17, 15) is 5.11 Å². The van der Waals surface area contributed by atoms with Crippen LogP contribution >= 0.6 is 11.3 Å². The highest BCUT2D eigenvalue weighted by atomic mass is 32.1. The molecular weight excluding hydrogens is 280 g/mol. The van der Waals surface area contributed by atoms with Crippen molar-refractivity contribution in [3.63, 3.8) is 0 Å². The first kappa shape index (κ1) is 14.7. The number of piperidine rings is 1. The summed E-state index contributed by atoms with van der Waals surface area (Å²) in [5, 5.41) is 12.6. The van der Waals surface area contributed by atoms with Gasteiger partial charge in [-0.15, -0.1) is 11.3 Å². The van der Waals surface area contributed by atoms with E-state index in [0.717, 1.165) is 38.2 Å². The SMILES string of the molecule is Cc1ccsc1CN1CCC(C(O)c2ccccn2)CC1. The van der Waals surface area contributed by atoms with Crippen molar-refractivity contribution in [2.24, 2.45) is 5.92 Å². The van der Waals surface area contributed by atoms with E-state index >= 15 is 0 Å². The number of nitrogens with zero attached hydrogens (tertiary/aromatic N) is 2. The van der Waals surface area contributed by atoms with Crippen LogP contribution in [-0.2, 0) is 6.54 Å². The zero-order valence-corrected chi connectivity index (χ0v) is 13.2. The summed E-state index contributed by atoms with van der Waals surface area (Å²) in [4.78, 5) is 8.25. The lowest BCUT2D eigenvalue weighted by atomic mass is 9.89. The molecule has 0 aromatic carbocycles. The highest BCUT2D eigenvalue weighted by Crippen LogP contribution is 2.30. The van der Waals surface area contributed by atoms with E-state index in [4.69, 9.17) is 0 Å². The molecule has 1 aliphatic rings. The first-order chi connectivity index (χ1) is 10.2. The number of hydrogen-bond donors (Lipinski definition) is 1. The van der Waals surface area contributed by atoms with Gasteiger partial charge in [-0.1, -0.05) is 6.07 Å². The first-order valence-corrected chi connectivity index (χ1v) is 8.46. The number of pyridine rings is 1. The molecule has 0 aliphatic carbocycles. The van der Waals surface area contributed by atoms with Crippen LogP contribution in [0.4, 0.5) is 0 Å². The number of thiophene rings is 1. The maximum Gasteiger partial charge on any atom is 0.0988 e. The van der Waals surface area contributed by atoms with Gasteiger partial charge >= 0.3 is 0 Å². The molecule has 1 N–H and O–H groups in total. The van der Waals surface area contributed by atoms with Crippen LogP contribution in [0.2, 0.25) is 0 Å². The van der Waals surface area contributed by atoms with Crippen molar-refractivity contribution >= 4 is 11.3 Å². The third-order valence-corrected chi connectivity index (χ3v) is 5.41. The zero-order chi connectivity index (χ0) is 14.7. The predicted octanol–water partition coefficient (Wildman–Crippen LogP) is 3.40. The summed E-state index contributed by atoms with van der Waals surface area (Å²) in [7, 11) is 0. The van der Waals surface area contributed by atoms with E-state index in [1.165, 1.54) is 10.4 Å². The van der Waals surface area contributed by atoms with Crippen LogP contribution < -0.4 is 0 Å². The molecule has 0 spiro atoms. The standard InChI is InChI=1S/C17H22N2OS/c1-13-7-11-21-16(13)12-19-9-5-14(6-10-19)17(20)15-4-2-3-8-18-15/h2-4,7-8,11,14,17,20H,5-6,9-10,12H2,1H3. The topological polar surface area (TPSA) is 36.4 Å². The summed E-state index contributed by atoms with van der Waals surface area (Å²) in [6.07, 6.45) is 3.43. The van der Waals surface area contributed by atoms with Crippen LogP contribution in [0.3, 0.4) is 0 Å². The zero-order valence-electron chi connectivity index (χ0n) is 12.4. The smallest absolute Gasteiger partial charge is 0.0988 e.